The van der Waals surface area contributed by atoms with E-state index in [9.17, 15) is 10.1 Å². The number of nitrogens with zero attached hydrogens (tertiary/aromatic N) is 4. The number of hydrogen-bond acceptors (Lipinski definition) is 7. The molecule has 0 bridgehead atoms. The Morgan fingerprint density at radius 1 is 1.35 bits per heavy atom. The van der Waals surface area contributed by atoms with Gasteiger partial charge in [0, 0.05) is 32.2 Å². The maximum Gasteiger partial charge on any atom is 0.353 e. The number of nitro groups is 1. The molecule has 0 spiro atoms. The highest BCUT2D eigenvalue weighted by molar-refractivity contribution is 5.69. The molecule has 0 aromatic carbocycles. The van der Waals surface area contributed by atoms with Crippen LogP contribution in [0.4, 0.5) is 17.3 Å². The normalized spacial score (nSPS) is 22.8. The lowest BCUT2D eigenvalue weighted by atomic mass is 10.2. The van der Waals surface area contributed by atoms with Gasteiger partial charge in [-0.2, -0.15) is 0 Å². The number of likely N-dealkylation sites (tertiary alicyclic amines) is 1. The Labute approximate surface area is 116 Å². The van der Waals surface area contributed by atoms with E-state index in [2.05, 4.69) is 25.5 Å². The van der Waals surface area contributed by atoms with Gasteiger partial charge in [-0.1, -0.05) is 0 Å². The maximum atomic E-state index is 11.2. The van der Waals surface area contributed by atoms with Crippen LogP contribution in [0.15, 0.2) is 6.33 Å². The van der Waals surface area contributed by atoms with Crippen LogP contribution in [-0.2, 0) is 0 Å². The second-order valence-corrected chi connectivity index (χ2v) is 5.28. The molecule has 1 aromatic rings. The van der Waals surface area contributed by atoms with E-state index in [1.54, 1.807) is 7.05 Å². The molecule has 1 saturated carbocycles. The zero-order chi connectivity index (χ0) is 14.1. The van der Waals surface area contributed by atoms with Crippen molar-refractivity contribution in [1.29, 1.82) is 0 Å². The topological polar surface area (TPSA) is 96.2 Å². The van der Waals surface area contributed by atoms with Crippen LogP contribution in [0.25, 0.3) is 0 Å². The van der Waals surface area contributed by atoms with Gasteiger partial charge in [-0.3, -0.25) is 15.0 Å². The van der Waals surface area contributed by atoms with Crippen LogP contribution < -0.4 is 10.6 Å². The molecular weight excluding hydrogens is 260 g/mol. The first-order chi connectivity index (χ1) is 9.69. The predicted octanol–water partition coefficient (Wildman–Crippen LogP) is 1.08. The van der Waals surface area contributed by atoms with E-state index in [4.69, 9.17) is 0 Å². The van der Waals surface area contributed by atoms with Crippen LogP contribution in [0.2, 0.25) is 0 Å². The highest BCUT2D eigenvalue weighted by atomic mass is 16.6. The van der Waals surface area contributed by atoms with Gasteiger partial charge in [0.2, 0.25) is 11.6 Å². The summed E-state index contributed by atoms with van der Waals surface area (Å²) in [7, 11) is 1.61. The molecule has 1 aliphatic heterocycles. The molecule has 2 aliphatic rings. The zero-order valence-corrected chi connectivity index (χ0v) is 11.4. The van der Waals surface area contributed by atoms with Gasteiger partial charge in [0.25, 0.3) is 0 Å². The molecule has 2 heterocycles. The van der Waals surface area contributed by atoms with Crippen molar-refractivity contribution in [2.75, 3.05) is 30.8 Å². The minimum absolute atomic E-state index is 0.0835. The third-order valence-electron chi connectivity index (χ3n) is 3.87. The second kappa shape index (κ2) is 5.20. The average molecular weight is 278 g/mol. The summed E-state index contributed by atoms with van der Waals surface area (Å²) in [5.41, 5.74) is -0.0835. The Morgan fingerprint density at radius 3 is 2.75 bits per heavy atom. The molecule has 1 aromatic heterocycles. The van der Waals surface area contributed by atoms with E-state index in [-0.39, 0.29) is 17.5 Å². The van der Waals surface area contributed by atoms with Crippen LogP contribution >= 0.6 is 0 Å². The molecular formula is C12H18N6O2. The van der Waals surface area contributed by atoms with Crippen molar-refractivity contribution in [3.8, 4) is 0 Å². The van der Waals surface area contributed by atoms with E-state index >= 15 is 0 Å². The summed E-state index contributed by atoms with van der Waals surface area (Å²) < 4.78 is 0. The summed E-state index contributed by atoms with van der Waals surface area (Å²) in [6.45, 7) is 1.99. The average Bonchev–Trinajstić information content (AvgIpc) is 3.19. The molecule has 0 amide bonds. The van der Waals surface area contributed by atoms with E-state index in [0.29, 0.717) is 5.82 Å². The molecule has 8 nitrogen and oxygen atoms in total. The smallest absolute Gasteiger partial charge is 0.353 e. The summed E-state index contributed by atoms with van der Waals surface area (Å²) in [4.78, 5) is 21.1. The Kier molecular flexibility index (Phi) is 3.39. The molecule has 1 aliphatic carbocycles. The summed E-state index contributed by atoms with van der Waals surface area (Å²) in [5, 5.41) is 17.1. The largest absolute Gasteiger partial charge is 0.367 e. The van der Waals surface area contributed by atoms with Gasteiger partial charge >= 0.3 is 5.69 Å². The van der Waals surface area contributed by atoms with Crippen LogP contribution in [0.1, 0.15) is 19.3 Å². The fraction of sp³-hybridized carbons (Fsp3) is 0.667. The van der Waals surface area contributed by atoms with E-state index in [1.807, 2.05) is 0 Å². The van der Waals surface area contributed by atoms with Gasteiger partial charge in [0.15, 0.2) is 0 Å². The third-order valence-corrected chi connectivity index (χ3v) is 3.87. The first kappa shape index (κ1) is 13.0. The quantitative estimate of drug-likeness (QED) is 0.614. The van der Waals surface area contributed by atoms with E-state index < -0.39 is 4.92 Å². The lowest BCUT2D eigenvalue weighted by Crippen LogP contribution is -2.28. The first-order valence-electron chi connectivity index (χ1n) is 6.86. The monoisotopic (exact) mass is 278 g/mol. The highest BCUT2D eigenvalue weighted by Gasteiger charge is 2.35. The molecule has 1 unspecified atom stereocenters. The van der Waals surface area contributed by atoms with Crippen molar-refractivity contribution in [1.82, 2.24) is 14.9 Å². The van der Waals surface area contributed by atoms with Crippen LogP contribution in [0.5, 0.6) is 0 Å². The minimum Gasteiger partial charge on any atom is -0.367 e. The standard InChI is InChI=1S/C12H18N6O2/c1-13-11-10(18(19)20)12(15-7-14-11)16-8-4-5-17(6-8)9-2-3-9/h7-9H,2-6H2,1H3,(H2,13,14,15,16). The van der Waals surface area contributed by atoms with Gasteiger partial charge < -0.3 is 10.6 Å². The van der Waals surface area contributed by atoms with Crippen molar-refractivity contribution in [3.63, 3.8) is 0 Å². The number of aromatic nitrogens is 2. The lowest BCUT2D eigenvalue weighted by Gasteiger charge is -2.16. The van der Waals surface area contributed by atoms with E-state index in [1.165, 1.54) is 19.2 Å². The predicted molar refractivity (Wildman–Crippen MR) is 74.9 cm³/mol. The number of anilines is 2. The Balaban J connectivity index is 1.75. The van der Waals surface area contributed by atoms with Crippen LogP contribution in [-0.4, -0.2) is 52.0 Å². The maximum absolute atomic E-state index is 11.2. The SMILES string of the molecule is CNc1ncnc(NC2CCN(C3CC3)C2)c1[N+](=O)[O-]. The third kappa shape index (κ3) is 2.51. The molecule has 2 N–H and O–H groups in total. The summed E-state index contributed by atoms with van der Waals surface area (Å²) in [5.74, 6) is 0.543. The van der Waals surface area contributed by atoms with Crippen LogP contribution in [0, 0.1) is 10.1 Å². The van der Waals surface area contributed by atoms with Crippen molar-refractivity contribution in [2.45, 2.75) is 31.3 Å². The van der Waals surface area contributed by atoms with Gasteiger partial charge in [0.05, 0.1) is 4.92 Å². The molecule has 20 heavy (non-hydrogen) atoms. The molecule has 0 radical (unpaired) electrons. The Hall–Kier alpha value is -1.96. The van der Waals surface area contributed by atoms with Gasteiger partial charge in [-0.05, 0) is 19.3 Å². The molecule has 1 saturated heterocycles. The number of nitrogens with one attached hydrogen (secondary N) is 2. The fourth-order valence-electron chi connectivity index (χ4n) is 2.71. The second-order valence-electron chi connectivity index (χ2n) is 5.28. The number of hydrogen-bond donors (Lipinski definition) is 2. The van der Waals surface area contributed by atoms with Crippen molar-refractivity contribution in [2.24, 2.45) is 0 Å². The van der Waals surface area contributed by atoms with Crippen LogP contribution in [0.3, 0.4) is 0 Å². The highest BCUT2D eigenvalue weighted by Crippen LogP contribution is 2.33. The molecule has 108 valence electrons. The minimum atomic E-state index is -0.443. The molecule has 8 heteroatoms. The zero-order valence-electron chi connectivity index (χ0n) is 11.4. The first-order valence-corrected chi connectivity index (χ1v) is 6.86. The van der Waals surface area contributed by atoms with Crippen molar-refractivity contribution >= 4 is 17.3 Å². The Bertz CT molecular complexity index is 519. The fourth-order valence-corrected chi connectivity index (χ4v) is 2.71. The number of rotatable bonds is 5. The van der Waals surface area contributed by atoms with Gasteiger partial charge in [-0.25, -0.2) is 9.97 Å². The van der Waals surface area contributed by atoms with E-state index in [0.717, 1.165) is 25.6 Å². The molecule has 1 atom stereocenters. The lowest BCUT2D eigenvalue weighted by molar-refractivity contribution is -0.383. The van der Waals surface area contributed by atoms with Crippen molar-refractivity contribution < 1.29 is 4.92 Å². The van der Waals surface area contributed by atoms with Gasteiger partial charge in [0.1, 0.15) is 6.33 Å². The molecule has 3 rings (SSSR count). The summed E-state index contributed by atoms with van der Waals surface area (Å²) in [6.07, 6.45) is 4.90. The molecule has 2 fully saturated rings. The van der Waals surface area contributed by atoms with Crippen molar-refractivity contribution in [3.05, 3.63) is 16.4 Å². The van der Waals surface area contributed by atoms with Gasteiger partial charge in [-0.15, -0.1) is 0 Å². The summed E-state index contributed by atoms with van der Waals surface area (Å²) in [6, 6.07) is 0.948. The summed E-state index contributed by atoms with van der Waals surface area (Å²) >= 11 is 0. The Morgan fingerprint density at radius 2 is 2.10 bits per heavy atom.